The van der Waals surface area contributed by atoms with Crippen molar-refractivity contribution in [3.8, 4) is 0 Å². The number of likely N-dealkylation sites (tertiary alicyclic amines) is 1. The molecular weight excluding hydrogens is 476 g/mol. The SMILES string of the molecule is C=C/C=C(\C=C(\C)C(C)CC)C(/CCC)=C(\CC)c1cc(C2CCN(C(=O)C3CCCNC3)CC2)ccc1C. The van der Waals surface area contributed by atoms with Gasteiger partial charge in [-0.05, 0) is 111 Å². The zero-order valence-electron chi connectivity index (χ0n) is 25.7. The molecule has 1 amide bonds. The number of carbonyl (C=O) groups is 1. The Kier molecular flexibility index (Phi) is 12.3. The average Bonchev–Trinajstić information content (AvgIpc) is 2.97. The van der Waals surface area contributed by atoms with E-state index in [0.29, 0.717) is 17.7 Å². The number of piperidine rings is 2. The first-order chi connectivity index (χ1) is 18.8. The van der Waals surface area contributed by atoms with E-state index in [-0.39, 0.29) is 5.92 Å². The molecule has 0 aromatic heterocycles. The minimum atomic E-state index is 0.173. The van der Waals surface area contributed by atoms with E-state index < -0.39 is 0 Å². The van der Waals surface area contributed by atoms with Gasteiger partial charge >= 0.3 is 0 Å². The van der Waals surface area contributed by atoms with Gasteiger partial charge in [0.05, 0.1) is 5.92 Å². The van der Waals surface area contributed by atoms with Crippen LogP contribution in [-0.2, 0) is 4.79 Å². The summed E-state index contributed by atoms with van der Waals surface area (Å²) in [7, 11) is 0. The lowest BCUT2D eigenvalue weighted by molar-refractivity contribution is -0.137. The molecule has 3 heteroatoms. The molecule has 3 rings (SSSR count). The second kappa shape index (κ2) is 15.4. The minimum absolute atomic E-state index is 0.173. The van der Waals surface area contributed by atoms with Crippen molar-refractivity contribution in [2.45, 2.75) is 98.8 Å². The Morgan fingerprint density at radius 2 is 1.92 bits per heavy atom. The van der Waals surface area contributed by atoms with E-state index in [2.05, 4.69) is 88.7 Å². The van der Waals surface area contributed by atoms with Gasteiger partial charge in [-0.25, -0.2) is 0 Å². The molecule has 2 aliphatic rings. The van der Waals surface area contributed by atoms with Crippen LogP contribution >= 0.6 is 0 Å². The normalized spacial score (nSPS) is 21.0. The van der Waals surface area contributed by atoms with Crippen molar-refractivity contribution < 1.29 is 4.79 Å². The highest BCUT2D eigenvalue weighted by Crippen LogP contribution is 2.37. The molecule has 1 aromatic carbocycles. The van der Waals surface area contributed by atoms with Gasteiger partial charge in [0.2, 0.25) is 5.91 Å². The molecule has 2 unspecified atom stereocenters. The molecule has 3 nitrogen and oxygen atoms in total. The molecule has 2 aliphatic heterocycles. The van der Waals surface area contributed by atoms with Crippen LogP contribution in [0.25, 0.3) is 5.57 Å². The minimum Gasteiger partial charge on any atom is -0.342 e. The summed E-state index contributed by atoms with van der Waals surface area (Å²) in [5, 5.41) is 3.40. The number of hydrogen-bond donors (Lipinski definition) is 1. The Labute approximate surface area is 239 Å². The fraction of sp³-hybridized carbons (Fsp3) is 0.583. The summed E-state index contributed by atoms with van der Waals surface area (Å²) in [6, 6.07) is 7.15. The van der Waals surface area contributed by atoms with Crippen LogP contribution in [0.3, 0.4) is 0 Å². The number of nitrogens with one attached hydrogen (secondary N) is 1. The van der Waals surface area contributed by atoms with Crippen LogP contribution in [0.15, 0.2) is 59.7 Å². The van der Waals surface area contributed by atoms with E-state index in [4.69, 9.17) is 0 Å². The number of aryl methyl sites for hydroxylation is 1. The maximum absolute atomic E-state index is 13.1. The largest absolute Gasteiger partial charge is 0.342 e. The van der Waals surface area contributed by atoms with Crippen molar-refractivity contribution in [2.75, 3.05) is 26.2 Å². The molecule has 0 spiro atoms. The van der Waals surface area contributed by atoms with Gasteiger partial charge in [0.25, 0.3) is 0 Å². The van der Waals surface area contributed by atoms with Crippen molar-refractivity contribution in [2.24, 2.45) is 11.8 Å². The van der Waals surface area contributed by atoms with E-state index in [0.717, 1.165) is 77.5 Å². The van der Waals surface area contributed by atoms with Crippen LogP contribution in [0, 0.1) is 18.8 Å². The molecule has 2 atom stereocenters. The van der Waals surface area contributed by atoms with Gasteiger partial charge in [0.15, 0.2) is 0 Å². The smallest absolute Gasteiger partial charge is 0.226 e. The molecule has 1 N–H and O–H groups in total. The number of nitrogens with zero attached hydrogens (tertiary/aromatic N) is 1. The number of hydrogen-bond acceptors (Lipinski definition) is 2. The summed E-state index contributed by atoms with van der Waals surface area (Å²) in [5.74, 6) is 1.63. The quantitative estimate of drug-likeness (QED) is 0.290. The summed E-state index contributed by atoms with van der Waals surface area (Å²) in [6.45, 7) is 21.4. The van der Waals surface area contributed by atoms with Crippen LogP contribution < -0.4 is 5.32 Å². The topological polar surface area (TPSA) is 32.3 Å². The molecule has 2 heterocycles. The lowest BCUT2D eigenvalue weighted by Crippen LogP contribution is -2.45. The van der Waals surface area contributed by atoms with Crippen LogP contribution in [0.1, 0.15) is 109 Å². The summed E-state index contributed by atoms with van der Waals surface area (Å²) in [6.07, 6.45) is 15.2. The summed E-state index contributed by atoms with van der Waals surface area (Å²) < 4.78 is 0. The Bertz CT molecular complexity index is 1060. The fourth-order valence-electron chi connectivity index (χ4n) is 6.33. The van der Waals surface area contributed by atoms with Gasteiger partial charge in [0.1, 0.15) is 0 Å². The van der Waals surface area contributed by atoms with E-state index in [9.17, 15) is 4.79 Å². The van der Waals surface area contributed by atoms with Gasteiger partial charge in [-0.15, -0.1) is 0 Å². The third-order valence-electron chi connectivity index (χ3n) is 9.15. The van der Waals surface area contributed by atoms with E-state index in [1.165, 1.54) is 39.0 Å². The molecule has 39 heavy (non-hydrogen) atoms. The Balaban J connectivity index is 1.90. The highest BCUT2D eigenvalue weighted by atomic mass is 16.2. The lowest BCUT2D eigenvalue weighted by atomic mass is 9.82. The van der Waals surface area contributed by atoms with Crippen molar-refractivity contribution in [1.82, 2.24) is 10.2 Å². The van der Waals surface area contributed by atoms with Crippen LogP contribution in [-0.4, -0.2) is 37.0 Å². The Morgan fingerprint density at radius 3 is 2.51 bits per heavy atom. The van der Waals surface area contributed by atoms with Crippen molar-refractivity contribution >= 4 is 11.5 Å². The molecule has 2 fully saturated rings. The molecule has 0 bridgehead atoms. The second-order valence-electron chi connectivity index (χ2n) is 11.8. The number of benzene rings is 1. The van der Waals surface area contributed by atoms with E-state index in [1.54, 1.807) is 0 Å². The molecule has 1 aromatic rings. The first-order valence-corrected chi connectivity index (χ1v) is 15.7. The molecule has 0 saturated carbocycles. The van der Waals surface area contributed by atoms with Gasteiger partial charge in [-0.2, -0.15) is 0 Å². The van der Waals surface area contributed by atoms with Crippen LogP contribution in [0.4, 0.5) is 0 Å². The monoisotopic (exact) mass is 530 g/mol. The fourth-order valence-corrected chi connectivity index (χ4v) is 6.33. The standard InChI is InChI=1S/C36H54N2O/c1-8-13-31(23-28(7)26(5)10-3)34(14-9-2)33(11-4)35-24-30(17-16-27(35)6)29-18-21-38(22-19-29)36(39)32-15-12-20-37-25-32/h8,13,16-17,23-24,26,29,32,37H,1,9-12,14-15,18-22,25H2,2-7H3/b28-23-,31-13+,34-33+. The van der Waals surface area contributed by atoms with E-state index in [1.807, 2.05) is 6.08 Å². The number of amides is 1. The first kappa shape index (κ1) is 31.1. The molecule has 2 saturated heterocycles. The Hall–Kier alpha value is -2.39. The predicted molar refractivity (Wildman–Crippen MR) is 169 cm³/mol. The van der Waals surface area contributed by atoms with Gasteiger partial charge in [0, 0.05) is 19.6 Å². The predicted octanol–water partition coefficient (Wildman–Crippen LogP) is 8.77. The molecule has 0 radical (unpaired) electrons. The maximum Gasteiger partial charge on any atom is 0.226 e. The number of allylic oxidation sites excluding steroid dienone is 7. The average molecular weight is 531 g/mol. The van der Waals surface area contributed by atoms with E-state index >= 15 is 0 Å². The number of carbonyl (C=O) groups excluding carboxylic acids is 1. The molecule has 214 valence electrons. The zero-order valence-corrected chi connectivity index (χ0v) is 25.7. The summed E-state index contributed by atoms with van der Waals surface area (Å²) >= 11 is 0. The Morgan fingerprint density at radius 1 is 1.18 bits per heavy atom. The third kappa shape index (κ3) is 8.07. The lowest BCUT2D eigenvalue weighted by Gasteiger charge is -2.35. The second-order valence-corrected chi connectivity index (χ2v) is 11.8. The van der Waals surface area contributed by atoms with Crippen LogP contribution in [0.5, 0.6) is 0 Å². The first-order valence-electron chi connectivity index (χ1n) is 15.7. The number of rotatable bonds is 11. The van der Waals surface area contributed by atoms with Gasteiger partial charge in [-0.1, -0.05) is 82.7 Å². The molecular formula is C36H54N2O. The highest BCUT2D eigenvalue weighted by molar-refractivity contribution is 5.79. The zero-order chi connectivity index (χ0) is 28.4. The third-order valence-corrected chi connectivity index (χ3v) is 9.15. The summed E-state index contributed by atoms with van der Waals surface area (Å²) in [4.78, 5) is 15.2. The van der Waals surface area contributed by atoms with Crippen LogP contribution in [0.2, 0.25) is 0 Å². The van der Waals surface area contributed by atoms with Crippen molar-refractivity contribution in [1.29, 1.82) is 0 Å². The maximum atomic E-state index is 13.1. The van der Waals surface area contributed by atoms with Gasteiger partial charge in [-0.3, -0.25) is 4.79 Å². The molecule has 0 aliphatic carbocycles. The van der Waals surface area contributed by atoms with Crippen molar-refractivity contribution in [3.63, 3.8) is 0 Å². The van der Waals surface area contributed by atoms with Gasteiger partial charge < -0.3 is 10.2 Å². The highest BCUT2D eigenvalue weighted by Gasteiger charge is 2.30. The summed E-state index contributed by atoms with van der Waals surface area (Å²) in [5.41, 5.74) is 9.86. The van der Waals surface area contributed by atoms with Crippen molar-refractivity contribution in [3.05, 3.63) is 76.4 Å².